The van der Waals surface area contributed by atoms with Gasteiger partial charge in [0.1, 0.15) is 5.82 Å². The molecule has 0 aliphatic carbocycles. The molecule has 2 rings (SSSR count). The second-order valence-corrected chi connectivity index (χ2v) is 5.19. The van der Waals surface area contributed by atoms with Crippen molar-refractivity contribution in [2.75, 3.05) is 0 Å². The number of nitrogens with two attached hydrogens (primary N) is 1. The van der Waals surface area contributed by atoms with Gasteiger partial charge in [-0.25, -0.2) is 4.39 Å². The van der Waals surface area contributed by atoms with Gasteiger partial charge in [-0.3, -0.25) is 16.3 Å². The van der Waals surface area contributed by atoms with Crippen LogP contribution >= 0.6 is 15.9 Å². The van der Waals surface area contributed by atoms with Crippen molar-refractivity contribution < 1.29 is 4.39 Å². The summed E-state index contributed by atoms with van der Waals surface area (Å²) in [7, 11) is 0. The molecule has 0 fully saturated rings. The summed E-state index contributed by atoms with van der Waals surface area (Å²) in [4.78, 5) is 4.26. The van der Waals surface area contributed by atoms with Crippen LogP contribution in [0.5, 0.6) is 0 Å². The van der Waals surface area contributed by atoms with Crippen molar-refractivity contribution in [2.24, 2.45) is 5.84 Å². The van der Waals surface area contributed by atoms with Gasteiger partial charge in [0.2, 0.25) is 0 Å². The number of nitrogens with one attached hydrogen (secondary N) is 1. The number of nitrogens with zero attached hydrogens (tertiary/aromatic N) is 1. The fourth-order valence-electron chi connectivity index (χ4n) is 2.03. The van der Waals surface area contributed by atoms with Gasteiger partial charge in [-0.1, -0.05) is 28.1 Å². The van der Waals surface area contributed by atoms with Crippen molar-refractivity contribution in [1.82, 2.24) is 10.4 Å². The van der Waals surface area contributed by atoms with E-state index in [-0.39, 0.29) is 11.9 Å². The van der Waals surface area contributed by atoms with E-state index >= 15 is 0 Å². The number of aryl methyl sites for hydroxylation is 1. The third kappa shape index (κ3) is 3.37. The van der Waals surface area contributed by atoms with Crippen LogP contribution in [0, 0.1) is 12.7 Å². The van der Waals surface area contributed by atoms with Gasteiger partial charge >= 0.3 is 0 Å². The molecule has 5 heteroatoms. The highest BCUT2D eigenvalue weighted by molar-refractivity contribution is 9.10. The van der Waals surface area contributed by atoms with Crippen LogP contribution in [0.15, 0.2) is 41.0 Å². The molecule has 0 amide bonds. The second-order valence-electron chi connectivity index (χ2n) is 4.34. The highest BCUT2D eigenvalue weighted by Gasteiger charge is 2.15. The standard InChI is InChI=1S/C14H15BrFN3/c1-9-12(3-2-6-18-9)14(19-17)7-10-4-5-11(16)8-13(10)15/h2-6,8,14,19H,7,17H2,1H3. The molecule has 2 aromatic rings. The zero-order valence-corrected chi connectivity index (χ0v) is 12.1. The molecule has 0 spiro atoms. The Morgan fingerprint density at radius 1 is 1.42 bits per heavy atom. The topological polar surface area (TPSA) is 50.9 Å². The minimum absolute atomic E-state index is 0.0598. The third-order valence-electron chi connectivity index (χ3n) is 3.06. The predicted molar refractivity (Wildman–Crippen MR) is 76.8 cm³/mol. The summed E-state index contributed by atoms with van der Waals surface area (Å²) in [5, 5.41) is 0. The van der Waals surface area contributed by atoms with E-state index in [9.17, 15) is 4.39 Å². The Kier molecular flexibility index (Phi) is 4.63. The van der Waals surface area contributed by atoms with Gasteiger partial charge in [-0.15, -0.1) is 0 Å². The second kappa shape index (κ2) is 6.23. The summed E-state index contributed by atoms with van der Waals surface area (Å²) in [6, 6.07) is 8.48. The fourth-order valence-corrected chi connectivity index (χ4v) is 2.54. The largest absolute Gasteiger partial charge is 0.271 e. The van der Waals surface area contributed by atoms with Crippen molar-refractivity contribution in [1.29, 1.82) is 0 Å². The van der Waals surface area contributed by atoms with Gasteiger partial charge in [0.25, 0.3) is 0 Å². The zero-order valence-electron chi connectivity index (χ0n) is 10.5. The smallest absolute Gasteiger partial charge is 0.124 e. The summed E-state index contributed by atoms with van der Waals surface area (Å²) in [6.45, 7) is 1.94. The van der Waals surface area contributed by atoms with Crippen LogP contribution in [0.2, 0.25) is 0 Å². The maximum Gasteiger partial charge on any atom is 0.124 e. The molecule has 19 heavy (non-hydrogen) atoms. The average Bonchev–Trinajstić information content (AvgIpc) is 2.39. The lowest BCUT2D eigenvalue weighted by Crippen LogP contribution is -2.30. The first-order valence-electron chi connectivity index (χ1n) is 5.93. The van der Waals surface area contributed by atoms with Crippen molar-refractivity contribution in [2.45, 2.75) is 19.4 Å². The normalized spacial score (nSPS) is 12.4. The molecular formula is C14H15BrFN3. The SMILES string of the molecule is Cc1ncccc1C(Cc1ccc(F)cc1Br)NN. The lowest BCUT2D eigenvalue weighted by atomic mass is 9.98. The van der Waals surface area contributed by atoms with E-state index in [1.165, 1.54) is 12.1 Å². The molecule has 0 aliphatic rings. The summed E-state index contributed by atoms with van der Waals surface area (Å²) in [5.74, 6) is 5.38. The first-order valence-corrected chi connectivity index (χ1v) is 6.72. The molecular weight excluding hydrogens is 309 g/mol. The Morgan fingerprint density at radius 3 is 2.84 bits per heavy atom. The number of rotatable bonds is 4. The highest BCUT2D eigenvalue weighted by atomic mass is 79.9. The predicted octanol–water partition coefficient (Wildman–Crippen LogP) is 3.04. The lowest BCUT2D eigenvalue weighted by molar-refractivity contribution is 0.545. The molecule has 1 unspecified atom stereocenters. The molecule has 0 saturated carbocycles. The number of halogens is 2. The van der Waals surface area contributed by atoms with Crippen LogP contribution in [-0.2, 0) is 6.42 Å². The summed E-state index contributed by atoms with van der Waals surface area (Å²) >= 11 is 3.37. The fraction of sp³-hybridized carbons (Fsp3) is 0.214. The summed E-state index contributed by atoms with van der Waals surface area (Å²) in [6.07, 6.45) is 2.41. The van der Waals surface area contributed by atoms with Crippen molar-refractivity contribution in [3.63, 3.8) is 0 Å². The van der Waals surface area contributed by atoms with Crippen LogP contribution in [0.1, 0.15) is 22.9 Å². The summed E-state index contributed by atoms with van der Waals surface area (Å²) < 4.78 is 13.8. The van der Waals surface area contributed by atoms with Crippen molar-refractivity contribution in [3.8, 4) is 0 Å². The van der Waals surface area contributed by atoms with Crippen LogP contribution < -0.4 is 11.3 Å². The number of benzene rings is 1. The minimum atomic E-state index is -0.259. The Morgan fingerprint density at radius 2 is 2.21 bits per heavy atom. The molecule has 0 bridgehead atoms. The van der Waals surface area contributed by atoms with Gasteiger partial charge in [-0.2, -0.15) is 0 Å². The van der Waals surface area contributed by atoms with E-state index in [0.717, 1.165) is 21.3 Å². The molecule has 1 aromatic heterocycles. The minimum Gasteiger partial charge on any atom is -0.271 e. The highest BCUT2D eigenvalue weighted by Crippen LogP contribution is 2.25. The Bertz CT molecular complexity index is 574. The van der Waals surface area contributed by atoms with Crippen LogP contribution in [0.3, 0.4) is 0 Å². The number of hydrazine groups is 1. The van der Waals surface area contributed by atoms with E-state index in [1.54, 1.807) is 12.3 Å². The molecule has 0 saturated heterocycles. The van der Waals surface area contributed by atoms with Gasteiger partial charge in [0.15, 0.2) is 0 Å². The lowest BCUT2D eigenvalue weighted by Gasteiger charge is -2.18. The van der Waals surface area contributed by atoms with E-state index in [1.807, 2.05) is 19.1 Å². The Balaban J connectivity index is 2.27. The first-order chi connectivity index (χ1) is 9.11. The van der Waals surface area contributed by atoms with E-state index in [0.29, 0.717) is 6.42 Å². The first kappa shape index (κ1) is 14.1. The molecule has 100 valence electrons. The van der Waals surface area contributed by atoms with Crippen LogP contribution in [0.4, 0.5) is 4.39 Å². The quantitative estimate of drug-likeness (QED) is 0.671. The summed E-state index contributed by atoms with van der Waals surface area (Å²) in [5.41, 5.74) is 5.76. The van der Waals surface area contributed by atoms with Crippen molar-refractivity contribution in [3.05, 3.63) is 63.6 Å². The van der Waals surface area contributed by atoms with Gasteiger partial charge in [-0.05, 0) is 42.7 Å². The number of hydrogen-bond acceptors (Lipinski definition) is 3. The Labute approximate surface area is 120 Å². The zero-order chi connectivity index (χ0) is 13.8. The third-order valence-corrected chi connectivity index (χ3v) is 3.80. The van der Waals surface area contributed by atoms with E-state index in [2.05, 4.69) is 26.3 Å². The van der Waals surface area contributed by atoms with E-state index in [4.69, 9.17) is 5.84 Å². The molecule has 3 nitrogen and oxygen atoms in total. The molecule has 0 radical (unpaired) electrons. The van der Waals surface area contributed by atoms with Crippen molar-refractivity contribution >= 4 is 15.9 Å². The molecule has 1 heterocycles. The average molecular weight is 324 g/mol. The van der Waals surface area contributed by atoms with Crippen LogP contribution in [0.25, 0.3) is 0 Å². The molecule has 1 aromatic carbocycles. The molecule has 3 N–H and O–H groups in total. The van der Waals surface area contributed by atoms with Crippen LogP contribution in [-0.4, -0.2) is 4.98 Å². The molecule has 0 aliphatic heterocycles. The van der Waals surface area contributed by atoms with Gasteiger partial charge in [0.05, 0.1) is 6.04 Å². The van der Waals surface area contributed by atoms with E-state index < -0.39 is 0 Å². The van der Waals surface area contributed by atoms with Gasteiger partial charge in [0, 0.05) is 16.4 Å². The number of pyridine rings is 1. The number of aromatic nitrogens is 1. The maximum atomic E-state index is 13.1. The Hall–Kier alpha value is -1.30. The monoisotopic (exact) mass is 323 g/mol. The maximum absolute atomic E-state index is 13.1. The number of hydrogen-bond donors (Lipinski definition) is 2. The van der Waals surface area contributed by atoms with Gasteiger partial charge < -0.3 is 0 Å². The molecule has 1 atom stereocenters.